The van der Waals surface area contributed by atoms with Gasteiger partial charge in [0.25, 0.3) is 0 Å². The Bertz CT molecular complexity index is 918. The first-order chi connectivity index (χ1) is 12.4. The highest BCUT2D eigenvalue weighted by molar-refractivity contribution is 5.80. The maximum absolute atomic E-state index is 14.3. The lowest BCUT2D eigenvalue weighted by Crippen LogP contribution is -2.34. The summed E-state index contributed by atoms with van der Waals surface area (Å²) in [5.41, 5.74) is -2.28. The van der Waals surface area contributed by atoms with Gasteiger partial charge < -0.3 is 10.1 Å². The van der Waals surface area contributed by atoms with Crippen LogP contribution in [0.3, 0.4) is 0 Å². The van der Waals surface area contributed by atoms with E-state index in [9.17, 15) is 18.0 Å². The molecule has 5 nitrogen and oxygen atoms in total. The maximum Gasteiger partial charge on any atom is 0.328 e. The molecule has 0 radical (unpaired) electrons. The van der Waals surface area contributed by atoms with Crippen LogP contribution in [0.25, 0.3) is 0 Å². The van der Waals surface area contributed by atoms with Crippen LogP contribution in [0.2, 0.25) is 0 Å². The molecule has 1 atom stereocenters. The molecule has 2 aromatic rings. The number of nitriles is 2. The van der Waals surface area contributed by atoms with E-state index in [-0.39, 0.29) is 6.42 Å². The van der Waals surface area contributed by atoms with Gasteiger partial charge in [-0.1, -0.05) is 30.3 Å². The van der Waals surface area contributed by atoms with Crippen LogP contribution < -0.4 is 5.32 Å². The number of carbonyl (C=O) groups is 1. The zero-order chi connectivity index (χ0) is 19.3. The van der Waals surface area contributed by atoms with Crippen LogP contribution in [0, 0.1) is 40.1 Å². The Morgan fingerprint density at radius 2 is 1.69 bits per heavy atom. The van der Waals surface area contributed by atoms with E-state index in [0.717, 1.165) is 7.11 Å². The van der Waals surface area contributed by atoms with E-state index in [1.165, 1.54) is 12.1 Å². The first-order valence-electron chi connectivity index (χ1n) is 7.33. The van der Waals surface area contributed by atoms with Crippen molar-refractivity contribution in [2.24, 2.45) is 0 Å². The van der Waals surface area contributed by atoms with Crippen LogP contribution in [0.1, 0.15) is 16.7 Å². The zero-order valence-corrected chi connectivity index (χ0v) is 13.5. The number of benzene rings is 2. The standard InChI is InChI=1S/C18H12F3N3O2/c1-26-18(25)13(7-10-5-3-2-4-6-10)24-17-12(9-23)14(19)11(8-22)15(20)16(17)21/h2-6,13,24H,7H2,1H3. The highest BCUT2D eigenvalue weighted by Crippen LogP contribution is 2.29. The summed E-state index contributed by atoms with van der Waals surface area (Å²) in [5, 5.41) is 20.2. The quantitative estimate of drug-likeness (QED) is 0.655. The molecular weight excluding hydrogens is 347 g/mol. The molecule has 0 heterocycles. The minimum atomic E-state index is -1.74. The minimum absolute atomic E-state index is 0.0149. The van der Waals surface area contributed by atoms with Gasteiger partial charge in [0.1, 0.15) is 29.3 Å². The Morgan fingerprint density at radius 1 is 1.08 bits per heavy atom. The Balaban J connectivity index is 2.50. The lowest BCUT2D eigenvalue weighted by atomic mass is 10.0. The molecule has 0 aliphatic carbocycles. The predicted octanol–water partition coefficient (Wildman–Crippen LogP) is 3.04. The van der Waals surface area contributed by atoms with Crippen molar-refractivity contribution in [1.82, 2.24) is 0 Å². The Kier molecular flexibility index (Phi) is 5.82. The second kappa shape index (κ2) is 8.04. The number of hydrogen-bond donors (Lipinski definition) is 1. The molecule has 26 heavy (non-hydrogen) atoms. The average Bonchev–Trinajstić information content (AvgIpc) is 2.66. The molecule has 2 rings (SSSR count). The number of rotatable bonds is 5. The molecular formula is C18H12F3N3O2. The fourth-order valence-electron chi connectivity index (χ4n) is 2.36. The van der Waals surface area contributed by atoms with Gasteiger partial charge in [-0.05, 0) is 5.56 Å². The van der Waals surface area contributed by atoms with Gasteiger partial charge in [0.2, 0.25) is 0 Å². The number of anilines is 1. The summed E-state index contributed by atoms with van der Waals surface area (Å²) >= 11 is 0. The van der Waals surface area contributed by atoms with Crippen molar-refractivity contribution in [3.8, 4) is 12.1 Å². The predicted molar refractivity (Wildman–Crippen MR) is 85.3 cm³/mol. The molecule has 0 fully saturated rings. The van der Waals surface area contributed by atoms with Crippen LogP contribution in [-0.4, -0.2) is 19.1 Å². The van der Waals surface area contributed by atoms with Crippen LogP contribution in [-0.2, 0) is 16.0 Å². The van der Waals surface area contributed by atoms with Crippen molar-refractivity contribution in [1.29, 1.82) is 10.5 Å². The third kappa shape index (κ3) is 3.60. The minimum Gasteiger partial charge on any atom is -0.467 e. The van der Waals surface area contributed by atoms with Gasteiger partial charge in [0.15, 0.2) is 17.5 Å². The van der Waals surface area contributed by atoms with E-state index in [4.69, 9.17) is 10.5 Å². The summed E-state index contributed by atoms with van der Waals surface area (Å²) < 4.78 is 46.9. The highest BCUT2D eigenvalue weighted by atomic mass is 19.2. The van der Waals surface area contributed by atoms with Gasteiger partial charge in [-0.2, -0.15) is 10.5 Å². The topological polar surface area (TPSA) is 85.9 Å². The molecule has 0 amide bonds. The molecule has 8 heteroatoms. The van der Waals surface area contributed by atoms with Crippen molar-refractivity contribution in [2.75, 3.05) is 12.4 Å². The van der Waals surface area contributed by atoms with Gasteiger partial charge in [0, 0.05) is 6.42 Å². The Morgan fingerprint density at radius 3 is 2.23 bits per heavy atom. The van der Waals surface area contributed by atoms with Gasteiger partial charge in [-0.15, -0.1) is 0 Å². The fraction of sp³-hybridized carbons (Fsp3) is 0.167. The molecule has 0 saturated heterocycles. The number of halogens is 3. The number of carbonyl (C=O) groups excluding carboxylic acids is 1. The van der Waals surface area contributed by atoms with Crippen LogP contribution in [0.15, 0.2) is 30.3 Å². The van der Waals surface area contributed by atoms with Crippen molar-refractivity contribution in [3.63, 3.8) is 0 Å². The summed E-state index contributed by atoms with van der Waals surface area (Å²) in [4.78, 5) is 12.0. The second-order valence-corrected chi connectivity index (χ2v) is 5.20. The Hall–Kier alpha value is -3.52. The number of hydrogen-bond acceptors (Lipinski definition) is 5. The van der Waals surface area contributed by atoms with Gasteiger partial charge in [-0.25, -0.2) is 18.0 Å². The van der Waals surface area contributed by atoms with Crippen molar-refractivity contribution < 1.29 is 22.7 Å². The normalized spacial score (nSPS) is 11.2. The highest BCUT2D eigenvalue weighted by Gasteiger charge is 2.29. The second-order valence-electron chi connectivity index (χ2n) is 5.20. The third-order valence-corrected chi connectivity index (χ3v) is 3.63. The molecule has 0 aromatic heterocycles. The van der Waals surface area contributed by atoms with Crippen molar-refractivity contribution in [2.45, 2.75) is 12.5 Å². The van der Waals surface area contributed by atoms with Gasteiger partial charge >= 0.3 is 5.97 Å². The van der Waals surface area contributed by atoms with Gasteiger partial charge in [0.05, 0.1) is 12.8 Å². The summed E-state index contributed by atoms with van der Waals surface area (Å²) in [6, 6.07) is 9.91. The number of esters is 1. The lowest BCUT2D eigenvalue weighted by molar-refractivity contribution is -0.141. The number of nitrogens with one attached hydrogen (secondary N) is 1. The lowest BCUT2D eigenvalue weighted by Gasteiger charge is -2.19. The smallest absolute Gasteiger partial charge is 0.328 e. The summed E-state index contributed by atoms with van der Waals surface area (Å²) in [6.07, 6.45) is 0.0149. The SMILES string of the molecule is COC(=O)C(Cc1ccccc1)Nc1c(F)c(F)c(C#N)c(F)c1C#N. The summed E-state index contributed by atoms with van der Waals surface area (Å²) in [5.74, 6) is -5.68. The number of nitrogens with zero attached hydrogens (tertiary/aromatic N) is 2. The van der Waals surface area contributed by atoms with Crippen LogP contribution in [0.5, 0.6) is 0 Å². The first-order valence-corrected chi connectivity index (χ1v) is 7.33. The molecule has 0 bridgehead atoms. The zero-order valence-electron chi connectivity index (χ0n) is 13.5. The van der Waals surface area contributed by atoms with Crippen molar-refractivity contribution in [3.05, 3.63) is 64.5 Å². The number of ether oxygens (including phenoxy) is 1. The van der Waals surface area contributed by atoms with E-state index < -0.39 is 46.3 Å². The van der Waals surface area contributed by atoms with E-state index in [1.54, 1.807) is 30.3 Å². The Labute approximate surface area is 147 Å². The summed E-state index contributed by atoms with van der Waals surface area (Å²) in [7, 11) is 1.10. The van der Waals surface area contributed by atoms with E-state index >= 15 is 0 Å². The molecule has 2 aromatic carbocycles. The monoisotopic (exact) mass is 359 g/mol. The largest absolute Gasteiger partial charge is 0.467 e. The number of methoxy groups -OCH3 is 1. The molecule has 1 unspecified atom stereocenters. The van der Waals surface area contributed by atoms with E-state index in [2.05, 4.69) is 10.1 Å². The van der Waals surface area contributed by atoms with Crippen LogP contribution in [0.4, 0.5) is 18.9 Å². The third-order valence-electron chi connectivity index (χ3n) is 3.63. The van der Waals surface area contributed by atoms with Crippen molar-refractivity contribution >= 4 is 11.7 Å². The first kappa shape index (κ1) is 18.8. The molecule has 0 aliphatic heterocycles. The van der Waals surface area contributed by atoms with E-state index in [1.807, 2.05) is 0 Å². The van der Waals surface area contributed by atoms with Crippen LogP contribution >= 0.6 is 0 Å². The molecule has 0 aliphatic rings. The molecule has 132 valence electrons. The molecule has 1 N–H and O–H groups in total. The average molecular weight is 359 g/mol. The fourth-order valence-corrected chi connectivity index (χ4v) is 2.36. The van der Waals surface area contributed by atoms with Gasteiger partial charge in [-0.3, -0.25) is 0 Å². The van der Waals surface area contributed by atoms with E-state index in [0.29, 0.717) is 5.56 Å². The molecule has 0 spiro atoms. The molecule has 0 saturated carbocycles. The summed E-state index contributed by atoms with van der Waals surface area (Å²) in [6.45, 7) is 0. The maximum atomic E-state index is 14.3.